The standard InChI is InChI=1S/C16H31N5O/c1-11(2)21(12(3)4)9-8-18-16(17-7)19-10-15-20-13(5)14(6)22-15/h11-12H,8-10H2,1-7H3,(H2,17,18,19). The van der Waals surface area contributed by atoms with Crippen LogP contribution in [0.5, 0.6) is 0 Å². The molecule has 0 bridgehead atoms. The largest absolute Gasteiger partial charge is 0.444 e. The molecule has 0 unspecified atom stereocenters. The number of aliphatic imine (C=N–C) groups is 1. The van der Waals surface area contributed by atoms with E-state index in [1.165, 1.54) is 0 Å². The number of guanidine groups is 1. The lowest BCUT2D eigenvalue weighted by molar-refractivity contribution is 0.178. The number of oxazole rings is 1. The third kappa shape index (κ3) is 5.67. The van der Waals surface area contributed by atoms with Crippen molar-refractivity contribution in [3.63, 3.8) is 0 Å². The van der Waals surface area contributed by atoms with Crippen LogP contribution in [-0.4, -0.2) is 48.1 Å². The quantitative estimate of drug-likeness (QED) is 0.596. The first kappa shape index (κ1) is 18.5. The zero-order chi connectivity index (χ0) is 16.7. The van der Waals surface area contributed by atoms with Crippen LogP contribution in [-0.2, 0) is 6.54 Å². The highest BCUT2D eigenvalue weighted by Gasteiger charge is 2.13. The Morgan fingerprint density at radius 2 is 1.82 bits per heavy atom. The average molecular weight is 309 g/mol. The third-order valence-corrected chi connectivity index (χ3v) is 3.69. The van der Waals surface area contributed by atoms with Crippen LogP contribution >= 0.6 is 0 Å². The summed E-state index contributed by atoms with van der Waals surface area (Å²) in [4.78, 5) is 11.0. The van der Waals surface area contributed by atoms with Crippen molar-refractivity contribution in [1.29, 1.82) is 0 Å². The summed E-state index contributed by atoms with van der Waals surface area (Å²) in [5.41, 5.74) is 0.934. The second kappa shape index (κ2) is 8.78. The van der Waals surface area contributed by atoms with Crippen molar-refractivity contribution in [3.8, 4) is 0 Å². The molecule has 1 rings (SSSR count). The van der Waals surface area contributed by atoms with E-state index in [2.05, 4.69) is 53.2 Å². The molecule has 0 aromatic carbocycles. The molecule has 0 aliphatic carbocycles. The molecule has 6 nitrogen and oxygen atoms in total. The lowest BCUT2D eigenvalue weighted by atomic mass is 10.2. The first-order chi connectivity index (χ1) is 10.3. The molecule has 0 saturated heterocycles. The van der Waals surface area contributed by atoms with Crippen LogP contribution in [0, 0.1) is 13.8 Å². The van der Waals surface area contributed by atoms with Crippen LogP contribution in [0.25, 0.3) is 0 Å². The van der Waals surface area contributed by atoms with Gasteiger partial charge in [-0.1, -0.05) is 0 Å². The minimum atomic E-state index is 0.534. The Bertz CT molecular complexity index is 451. The Kier molecular flexibility index (Phi) is 7.38. The van der Waals surface area contributed by atoms with Crippen LogP contribution in [0.3, 0.4) is 0 Å². The molecule has 6 heteroatoms. The molecule has 0 amide bonds. The van der Waals surface area contributed by atoms with E-state index < -0.39 is 0 Å². The molecule has 0 fully saturated rings. The maximum Gasteiger partial charge on any atom is 0.214 e. The van der Waals surface area contributed by atoms with Gasteiger partial charge >= 0.3 is 0 Å². The Morgan fingerprint density at radius 3 is 2.27 bits per heavy atom. The lowest BCUT2D eigenvalue weighted by Crippen LogP contribution is -2.45. The number of nitrogens with zero attached hydrogens (tertiary/aromatic N) is 3. The molecule has 0 spiro atoms. The van der Waals surface area contributed by atoms with E-state index >= 15 is 0 Å². The van der Waals surface area contributed by atoms with Gasteiger partial charge in [-0.25, -0.2) is 4.98 Å². The molecule has 0 radical (unpaired) electrons. The monoisotopic (exact) mass is 309 g/mol. The molecule has 1 heterocycles. The molecule has 2 N–H and O–H groups in total. The first-order valence-electron chi connectivity index (χ1n) is 7.98. The minimum absolute atomic E-state index is 0.534. The fourth-order valence-corrected chi connectivity index (χ4v) is 2.41. The Hall–Kier alpha value is -1.56. The normalized spacial score (nSPS) is 12.5. The Labute approximate surface area is 134 Å². The van der Waals surface area contributed by atoms with Crippen molar-refractivity contribution in [2.75, 3.05) is 20.1 Å². The minimum Gasteiger partial charge on any atom is -0.444 e. The number of hydrogen-bond acceptors (Lipinski definition) is 4. The van der Waals surface area contributed by atoms with E-state index in [9.17, 15) is 0 Å². The van der Waals surface area contributed by atoms with Crippen molar-refractivity contribution < 1.29 is 4.42 Å². The summed E-state index contributed by atoms with van der Waals surface area (Å²) in [6.45, 7) is 15.1. The molecule has 126 valence electrons. The zero-order valence-electron chi connectivity index (χ0n) is 15.0. The van der Waals surface area contributed by atoms with Crippen LogP contribution in [0.1, 0.15) is 45.0 Å². The predicted octanol–water partition coefficient (Wildman–Crippen LogP) is 2.08. The van der Waals surface area contributed by atoms with Gasteiger partial charge in [0.25, 0.3) is 0 Å². The first-order valence-corrected chi connectivity index (χ1v) is 7.98. The maximum atomic E-state index is 5.55. The highest BCUT2D eigenvalue weighted by Crippen LogP contribution is 2.07. The summed E-state index contributed by atoms with van der Waals surface area (Å²) in [5, 5.41) is 6.55. The molecule has 1 aromatic heterocycles. The summed E-state index contributed by atoms with van der Waals surface area (Å²) < 4.78 is 5.55. The lowest BCUT2D eigenvalue weighted by Gasteiger charge is -2.30. The summed E-state index contributed by atoms with van der Waals surface area (Å²) in [5.74, 6) is 2.31. The van der Waals surface area contributed by atoms with Gasteiger partial charge in [-0.05, 0) is 41.5 Å². The van der Waals surface area contributed by atoms with E-state index in [0.29, 0.717) is 24.5 Å². The molecule has 0 atom stereocenters. The van der Waals surface area contributed by atoms with Crippen LogP contribution in [0.4, 0.5) is 0 Å². The Balaban J connectivity index is 2.39. The number of nitrogens with one attached hydrogen (secondary N) is 2. The van der Waals surface area contributed by atoms with Gasteiger partial charge in [-0.3, -0.25) is 9.89 Å². The van der Waals surface area contributed by atoms with Gasteiger partial charge in [-0.2, -0.15) is 0 Å². The molecule has 22 heavy (non-hydrogen) atoms. The second-order valence-corrected chi connectivity index (χ2v) is 6.03. The van der Waals surface area contributed by atoms with Crippen molar-refractivity contribution in [2.24, 2.45) is 4.99 Å². The van der Waals surface area contributed by atoms with Gasteiger partial charge in [0.15, 0.2) is 5.96 Å². The highest BCUT2D eigenvalue weighted by molar-refractivity contribution is 5.79. The van der Waals surface area contributed by atoms with E-state index in [4.69, 9.17) is 4.42 Å². The molecule has 1 aromatic rings. The zero-order valence-corrected chi connectivity index (χ0v) is 15.0. The van der Waals surface area contributed by atoms with Gasteiger partial charge in [0.05, 0.1) is 12.2 Å². The summed E-state index contributed by atoms with van der Waals surface area (Å²) in [7, 11) is 1.77. The predicted molar refractivity (Wildman–Crippen MR) is 91.2 cm³/mol. The SMILES string of the molecule is CN=C(NCCN(C(C)C)C(C)C)NCc1nc(C)c(C)o1. The topological polar surface area (TPSA) is 65.7 Å². The molecular formula is C16H31N5O. The van der Waals surface area contributed by atoms with E-state index in [-0.39, 0.29) is 0 Å². The van der Waals surface area contributed by atoms with Crippen LogP contribution in [0.2, 0.25) is 0 Å². The van der Waals surface area contributed by atoms with Gasteiger partial charge in [0.1, 0.15) is 5.76 Å². The van der Waals surface area contributed by atoms with Crippen molar-refractivity contribution in [1.82, 2.24) is 20.5 Å². The highest BCUT2D eigenvalue weighted by atomic mass is 16.4. The van der Waals surface area contributed by atoms with Gasteiger partial charge < -0.3 is 15.1 Å². The molecule has 0 aliphatic heterocycles. The summed E-state index contributed by atoms with van der Waals surface area (Å²) >= 11 is 0. The smallest absolute Gasteiger partial charge is 0.214 e. The number of aryl methyl sites for hydroxylation is 2. The fraction of sp³-hybridized carbons (Fsp3) is 0.750. The van der Waals surface area contributed by atoms with Gasteiger partial charge in [0, 0.05) is 32.2 Å². The van der Waals surface area contributed by atoms with Crippen molar-refractivity contribution >= 4 is 5.96 Å². The fourth-order valence-electron chi connectivity index (χ4n) is 2.41. The summed E-state index contributed by atoms with van der Waals surface area (Å²) in [6, 6.07) is 1.07. The van der Waals surface area contributed by atoms with E-state index in [1.807, 2.05) is 13.8 Å². The van der Waals surface area contributed by atoms with Crippen LogP contribution in [0.15, 0.2) is 9.41 Å². The number of aromatic nitrogens is 1. The van der Waals surface area contributed by atoms with E-state index in [0.717, 1.165) is 30.5 Å². The third-order valence-electron chi connectivity index (χ3n) is 3.69. The maximum absolute atomic E-state index is 5.55. The van der Waals surface area contributed by atoms with Crippen molar-refractivity contribution in [2.45, 2.75) is 60.2 Å². The molecule has 0 saturated carbocycles. The molecular weight excluding hydrogens is 278 g/mol. The average Bonchev–Trinajstić information content (AvgIpc) is 2.76. The van der Waals surface area contributed by atoms with Crippen molar-refractivity contribution in [3.05, 3.63) is 17.3 Å². The summed E-state index contributed by atoms with van der Waals surface area (Å²) in [6.07, 6.45) is 0. The van der Waals surface area contributed by atoms with Gasteiger partial charge in [-0.15, -0.1) is 0 Å². The van der Waals surface area contributed by atoms with E-state index in [1.54, 1.807) is 7.05 Å². The molecule has 0 aliphatic rings. The second-order valence-electron chi connectivity index (χ2n) is 6.03. The van der Waals surface area contributed by atoms with Crippen LogP contribution < -0.4 is 10.6 Å². The number of rotatable bonds is 7. The Morgan fingerprint density at radius 1 is 1.18 bits per heavy atom. The van der Waals surface area contributed by atoms with Gasteiger partial charge in [0.2, 0.25) is 5.89 Å². The number of hydrogen-bond donors (Lipinski definition) is 2.